The van der Waals surface area contributed by atoms with Crippen molar-refractivity contribution in [1.82, 2.24) is 19.7 Å². The van der Waals surface area contributed by atoms with Gasteiger partial charge in [-0.2, -0.15) is 0 Å². The molecule has 0 atom stereocenters. The van der Waals surface area contributed by atoms with E-state index in [-0.39, 0.29) is 6.03 Å². The van der Waals surface area contributed by atoms with Gasteiger partial charge in [0, 0.05) is 58.2 Å². The number of urea groups is 1. The fourth-order valence-electron chi connectivity index (χ4n) is 2.96. The summed E-state index contributed by atoms with van der Waals surface area (Å²) in [7, 11) is 0. The maximum atomic E-state index is 12.2. The van der Waals surface area contributed by atoms with Crippen LogP contribution in [0.5, 0.6) is 0 Å². The van der Waals surface area contributed by atoms with Crippen LogP contribution in [0.25, 0.3) is 6.08 Å². The van der Waals surface area contributed by atoms with Crippen molar-refractivity contribution < 1.29 is 4.79 Å². The van der Waals surface area contributed by atoms with Gasteiger partial charge in [-0.1, -0.05) is 42.5 Å². The van der Waals surface area contributed by atoms with Gasteiger partial charge in [0.25, 0.3) is 0 Å². The molecule has 0 unspecified atom stereocenters. The molecule has 1 aliphatic heterocycles. The van der Waals surface area contributed by atoms with E-state index in [1.54, 1.807) is 0 Å². The zero-order valence-corrected chi connectivity index (χ0v) is 14.6. The zero-order valence-electron chi connectivity index (χ0n) is 14.6. The van der Waals surface area contributed by atoms with E-state index in [1.807, 2.05) is 47.6 Å². The number of carbonyl (C=O) groups is 1. The summed E-state index contributed by atoms with van der Waals surface area (Å²) in [6.45, 7) is 5.81. The van der Waals surface area contributed by atoms with Crippen molar-refractivity contribution >= 4 is 12.1 Å². The van der Waals surface area contributed by atoms with Crippen LogP contribution < -0.4 is 5.32 Å². The van der Waals surface area contributed by atoms with Gasteiger partial charge in [0.05, 0.1) is 0 Å². The first kappa shape index (κ1) is 17.3. The highest BCUT2D eigenvalue weighted by molar-refractivity contribution is 5.74. The van der Waals surface area contributed by atoms with E-state index in [0.717, 1.165) is 39.3 Å². The summed E-state index contributed by atoms with van der Waals surface area (Å²) in [5.41, 5.74) is 1.23. The minimum absolute atomic E-state index is 0.0478. The Bertz CT molecular complexity index is 658. The van der Waals surface area contributed by atoms with Crippen LogP contribution in [0.1, 0.15) is 5.56 Å². The molecule has 5 heteroatoms. The molecule has 2 heterocycles. The quantitative estimate of drug-likeness (QED) is 0.879. The van der Waals surface area contributed by atoms with Crippen molar-refractivity contribution in [2.45, 2.75) is 6.54 Å². The van der Waals surface area contributed by atoms with Crippen molar-refractivity contribution in [3.63, 3.8) is 0 Å². The minimum Gasteiger partial charge on any atom is -0.353 e. The molecule has 2 aromatic rings. The number of piperazine rings is 1. The van der Waals surface area contributed by atoms with E-state index in [1.165, 1.54) is 5.56 Å². The Hall–Kier alpha value is -2.53. The zero-order chi connectivity index (χ0) is 17.3. The number of amides is 2. The lowest BCUT2D eigenvalue weighted by Gasteiger charge is -2.34. The van der Waals surface area contributed by atoms with Gasteiger partial charge >= 0.3 is 6.03 Å². The van der Waals surface area contributed by atoms with Crippen LogP contribution in [0, 0.1) is 0 Å². The number of benzene rings is 1. The van der Waals surface area contributed by atoms with Crippen LogP contribution in [-0.2, 0) is 6.54 Å². The van der Waals surface area contributed by atoms with Crippen molar-refractivity contribution in [1.29, 1.82) is 0 Å². The second kappa shape index (κ2) is 9.08. The molecule has 1 aliphatic rings. The van der Waals surface area contributed by atoms with Crippen LogP contribution in [0.4, 0.5) is 4.79 Å². The number of aromatic nitrogens is 1. The predicted molar refractivity (Wildman–Crippen MR) is 101 cm³/mol. The number of carbonyl (C=O) groups excluding carboxylic acids is 1. The Morgan fingerprint density at radius 1 is 1.00 bits per heavy atom. The number of rotatable bonds is 6. The topological polar surface area (TPSA) is 40.5 Å². The van der Waals surface area contributed by atoms with Gasteiger partial charge < -0.3 is 14.8 Å². The molecular formula is C20H26N4O. The highest BCUT2D eigenvalue weighted by atomic mass is 16.2. The Morgan fingerprint density at radius 2 is 1.72 bits per heavy atom. The van der Waals surface area contributed by atoms with E-state index in [9.17, 15) is 4.79 Å². The van der Waals surface area contributed by atoms with Crippen LogP contribution in [-0.4, -0.2) is 59.7 Å². The lowest BCUT2D eigenvalue weighted by Crippen LogP contribution is -2.52. The molecule has 3 rings (SSSR count). The van der Waals surface area contributed by atoms with Crippen molar-refractivity contribution in [2.75, 3.05) is 39.3 Å². The summed E-state index contributed by atoms with van der Waals surface area (Å²) in [6.07, 6.45) is 8.37. The molecule has 0 aliphatic carbocycles. The number of nitrogens with one attached hydrogen (secondary N) is 1. The molecule has 0 radical (unpaired) electrons. The Kier molecular flexibility index (Phi) is 6.29. The second-order valence-corrected chi connectivity index (χ2v) is 6.25. The van der Waals surface area contributed by atoms with Gasteiger partial charge in [-0.05, 0) is 17.7 Å². The van der Waals surface area contributed by atoms with E-state index in [0.29, 0.717) is 6.54 Å². The smallest absolute Gasteiger partial charge is 0.317 e. The Morgan fingerprint density at radius 3 is 2.44 bits per heavy atom. The SMILES string of the molecule is O=C(NCCn1cccc1)N1CCN(C/C=C/c2ccccc2)CC1. The fourth-order valence-corrected chi connectivity index (χ4v) is 2.96. The monoisotopic (exact) mass is 338 g/mol. The predicted octanol–water partition coefficient (Wildman–Crippen LogP) is 2.53. The highest BCUT2D eigenvalue weighted by Crippen LogP contribution is 2.05. The molecule has 0 bridgehead atoms. The van der Waals surface area contributed by atoms with E-state index in [2.05, 4.69) is 39.1 Å². The van der Waals surface area contributed by atoms with Gasteiger partial charge in [-0.3, -0.25) is 4.90 Å². The first-order valence-corrected chi connectivity index (χ1v) is 8.89. The van der Waals surface area contributed by atoms with Crippen molar-refractivity contribution in [3.8, 4) is 0 Å². The van der Waals surface area contributed by atoms with Gasteiger partial charge in [0.1, 0.15) is 0 Å². The maximum Gasteiger partial charge on any atom is 0.317 e. The summed E-state index contributed by atoms with van der Waals surface area (Å²) >= 11 is 0. The van der Waals surface area contributed by atoms with E-state index >= 15 is 0 Å². The minimum atomic E-state index is 0.0478. The maximum absolute atomic E-state index is 12.2. The molecule has 5 nitrogen and oxygen atoms in total. The summed E-state index contributed by atoms with van der Waals surface area (Å²) in [5.74, 6) is 0. The first-order chi connectivity index (χ1) is 12.3. The molecule has 2 amide bonds. The average Bonchev–Trinajstić information content (AvgIpc) is 3.16. The Labute approximate surface area is 149 Å². The van der Waals surface area contributed by atoms with Crippen molar-refractivity contribution in [2.24, 2.45) is 0 Å². The standard InChI is InChI=1S/C20H26N4O/c25-20(21-10-14-22-11-4-5-12-22)24-17-15-23(16-18-24)13-6-9-19-7-2-1-3-8-19/h1-9,11-12H,10,13-18H2,(H,21,25)/b9-6+. The highest BCUT2D eigenvalue weighted by Gasteiger charge is 2.19. The molecule has 1 saturated heterocycles. The molecule has 132 valence electrons. The van der Waals surface area contributed by atoms with E-state index < -0.39 is 0 Å². The summed E-state index contributed by atoms with van der Waals surface area (Å²) < 4.78 is 2.07. The number of hydrogen-bond donors (Lipinski definition) is 1. The van der Waals surface area contributed by atoms with Crippen LogP contribution in [0.2, 0.25) is 0 Å². The average molecular weight is 338 g/mol. The lowest BCUT2D eigenvalue weighted by molar-refractivity contribution is 0.146. The van der Waals surface area contributed by atoms with Gasteiger partial charge in [-0.15, -0.1) is 0 Å². The molecule has 1 N–H and O–H groups in total. The normalized spacial score (nSPS) is 15.6. The van der Waals surface area contributed by atoms with Gasteiger partial charge in [0.15, 0.2) is 0 Å². The third-order valence-corrected chi connectivity index (χ3v) is 4.45. The van der Waals surface area contributed by atoms with Gasteiger partial charge in [0.2, 0.25) is 0 Å². The second-order valence-electron chi connectivity index (χ2n) is 6.25. The molecule has 1 aromatic carbocycles. The summed E-state index contributed by atoms with van der Waals surface area (Å²) in [5, 5.41) is 3.00. The van der Waals surface area contributed by atoms with Gasteiger partial charge in [-0.25, -0.2) is 4.79 Å². The lowest BCUT2D eigenvalue weighted by atomic mass is 10.2. The first-order valence-electron chi connectivity index (χ1n) is 8.89. The molecule has 1 aromatic heterocycles. The number of nitrogens with zero attached hydrogens (tertiary/aromatic N) is 3. The molecule has 25 heavy (non-hydrogen) atoms. The van der Waals surface area contributed by atoms with Crippen molar-refractivity contribution in [3.05, 3.63) is 66.5 Å². The van der Waals surface area contributed by atoms with Crippen LogP contribution >= 0.6 is 0 Å². The summed E-state index contributed by atoms with van der Waals surface area (Å²) in [4.78, 5) is 16.5. The largest absolute Gasteiger partial charge is 0.353 e. The van der Waals surface area contributed by atoms with E-state index in [4.69, 9.17) is 0 Å². The molecule has 0 saturated carbocycles. The summed E-state index contributed by atoms with van der Waals surface area (Å²) in [6, 6.07) is 14.4. The molecular weight excluding hydrogens is 312 g/mol. The Balaban J connectivity index is 1.33. The molecule has 1 fully saturated rings. The molecule has 0 spiro atoms. The number of hydrogen-bond acceptors (Lipinski definition) is 2. The van der Waals surface area contributed by atoms with Crippen LogP contribution in [0.15, 0.2) is 60.9 Å². The third kappa shape index (κ3) is 5.50. The third-order valence-electron chi connectivity index (χ3n) is 4.45. The fraction of sp³-hybridized carbons (Fsp3) is 0.350. The van der Waals surface area contributed by atoms with Crippen LogP contribution in [0.3, 0.4) is 0 Å².